The molecular weight excluding hydrogens is 460 g/mol. The first kappa shape index (κ1) is 27.2. The number of aromatic amines is 1. The van der Waals surface area contributed by atoms with E-state index in [1.165, 1.54) is 18.9 Å². The Morgan fingerprint density at radius 2 is 1.83 bits per heavy atom. The number of likely N-dealkylation sites (tertiary alicyclic amines) is 1. The number of nitrogens with one attached hydrogen (secondary N) is 1. The summed E-state index contributed by atoms with van der Waals surface area (Å²) in [5.41, 5.74) is 0. The number of aliphatic hydroxyl groups excluding tert-OH is 2. The number of imidazole rings is 1. The highest BCUT2D eigenvalue weighted by molar-refractivity contribution is 5.40. The zero-order chi connectivity index (χ0) is 24.9. The van der Waals surface area contributed by atoms with Crippen LogP contribution >= 0.6 is 0 Å². The summed E-state index contributed by atoms with van der Waals surface area (Å²) in [5, 5.41) is 39.1. The molecule has 1 fully saturated rings. The van der Waals surface area contributed by atoms with Crippen molar-refractivity contribution in [2.24, 2.45) is 0 Å². The SMILES string of the molecule is OCC(O)COc1[nH]c(O)cc1OCCC(O)(OCCCN1CCCC1)OCCCn1ccnc1. The molecule has 0 aliphatic carbocycles. The highest BCUT2D eigenvalue weighted by Crippen LogP contribution is 2.31. The molecular formula is C23H38N4O8. The predicted molar refractivity (Wildman–Crippen MR) is 125 cm³/mol. The average Bonchev–Trinajstić information content (AvgIpc) is 3.61. The lowest BCUT2D eigenvalue weighted by Crippen LogP contribution is -2.39. The second-order valence-corrected chi connectivity index (χ2v) is 8.56. The minimum atomic E-state index is -1.83. The number of aromatic hydroxyl groups is 1. The summed E-state index contributed by atoms with van der Waals surface area (Å²) in [6, 6.07) is 1.32. The van der Waals surface area contributed by atoms with Crippen molar-refractivity contribution in [3.63, 3.8) is 0 Å². The molecule has 0 radical (unpaired) electrons. The zero-order valence-corrected chi connectivity index (χ0v) is 20.0. The number of aryl methyl sites for hydroxylation is 1. The molecule has 5 N–H and O–H groups in total. The fourth-order valence-corrected chi connectivity index (χ4v) is 3.75. The van der Waals surface area contributed by atoms with Gasteiger partial charge in [-0.1, -0.05) is 0 Å². The van der Waals surface area contributed by atoms with E-state index in [1.54, 1.807) is 12.5 Å². The van der Waals surface area contributed by atoms with Crippen LogP contribution in [0.2, 0.25) is 0 Å². The highest BCUT2D eigenvalue weighted by atomic mass is 16.8. The van der Waals surface area contributed by atoms with Crippen molar-refractivity contribution in [3.05, 3.63) is 24.8 Å². The lowest BCUT2D eigenvalue weighted by atomic mass is 10.3. The van der Waals surface area contributed by atoms with Crippen LogP contribution in [0, 0.1) is 0 Å². The molecule has 0 bridgehead atoms. The number of hydrogen-bond acceptors (Lipinski definition) is 10. The highest BCUT2D eigenvalue weighted by Gasteiger charge is 2.30. The molecule has 3 heterocycles. The molecule has 1 saturated heterocycles. The maximum atomic E-state index is 11.0. The van der Waals surface area contributed by atoms with E-state index in [0.29, 0.717) is 19.6 Å². The van der Waals surface area contributed by atoms with E-state index in [0.717, 1.165) is 26.1 Å². The largest absolute Gasteiger partial charge is 0.494 e. The summed E-state index contributed by atoms with van der Waals surface area (Å²) >= 11 is 0. The van der Waals surface area contributed by atoms with Gasteiger partial charge in [-0.2, -0.15) is 0 Å². The van der Waals surface area contributed by atoms with Crippen LogP contribution in [-0.2, 0) is 16.0 Å². The number of nitrogens with zero attached hydrogens (tertiary/aromatic N) is 3. The molecule has 2 unspecified atom stereocenters. The first-order valence-electron chi connectivity index (χ1n) is 12.1. The summed E-state index contributed by atoms with van der Waals surface area (Å²) < 4.78 is 24.4. The van der Waals surface area contributed by atoms with Crippen LogP contribution in [0.25, 0.3) is 0 Å². The molecule has 2 atom stereocenters. The van der Waals surface area contributed by atoms with Gasteiger partial charge in [-0.25, -0.2) is 4.98 Å². The van der Waals surface area contributed by atoms with Gasteiger partial charge in [0.15, 0.2) is 11.6 Å². The van der Waals surface area contributed by atoms with Crippen molar-refractivity contribution in [3.8, 4) is 17.5 Å². The Morgan fingerprint density at radius 3 is 2.51 bits per heavy atom. The standard InChI is InChI=1S/C23H38N4O8/c28-16-19(29)17-33-22-20(15-21(30)25-22)32-14-5-23(31,34-12-3-9-26-7-1-2-8-26)35-13-4-10-27-11-6-24-18-27/h6,11,15,18-19,25,28-31H,1-5,7-10,12-14,16-17H2. The summed E-state index contributed by atoms with van der Waals surface area (Å²) in [6.07, 6.45) is 8.13. The molecule has 12 nitrogen and oxygen atoms in total. The lowest BCUT2D eigenvalue weighted by Gasteiger charge is -2.28. The molecule has 0 amide bonds. The molecule has 35 heavy (non-hydrogen) atoms. The molecule has 2 aromatic rings. The third-order valence-corrected chi connectivity index (χ3v) is 5.63. The van der Waals surface area contributed by atoms with Crippen LogP contribution in [-0.4, -0.2) is 105 Å². The number of aliphatic hydroxyl groups is 3. The Bertz CT molecular complexity index is 828. The van der Waals surface area contributed by atoms with Gasteiger partial charge in [0.1, 0.15) is 12.7 Å². The van der Waals surface area contributed by atoms with Gasteiger partial charge in [-0.15, -0.1) is 0 Å². The van der Waals surface area contributed by atoms with Gasteiger partial charge in [0.05, 0.1) is 39.2 Å². The van der Waals surface area contributed by atoms with Crippen molar-refractivity contribution in [1.82, 2.24) is 19.4 Å². The van der Waals surface area contributed by atoms with Gasteiger partial charge < -0.3 is 48.8 Å². The topological polar surface area (TPSA) is 155 Å². The summed E-state index contributed by atoms with van der Waals surface area (Å²) in [4.78, 5) is 8.96. The maximum absolute atomic E-state index is 11.0. The van der Waals surface area contributed by atoms with Crippen molar-refractivity contribution in [2.75, 3.05) is 52.7 Å². The van der Waals surface area contributed by atoms with E-state index >= 15 is 0 Å². The molecule has 12 heteroatoms. The minimum absolute atomic E-state index is 0.0142. The molecule has 1 aliphatic heterocycles. The fourth-order valence-electron chi connectivity index (χ4n) is 3.75. The van der Waals surface area contributed by atoms with Crippen LogP contribution < -0.4 is 9.47 Å². The summed E-state index contributed by atoms with van der Waals surface area (Å²) in [5.74, 6) is -1.71. The third-order valence-electron chi connectivity index (χ3n) is 5.63. The second-order valence-electron chi connectivity index (χ2n) is 8.56. The van der Waals surface area contributed by atoms with Gasteiger partial charge in [0.2, 0.25) is 5.88 Å². The fraction of sp³-hybridized carbons (Fsp3) is 0.696. The number of aromatic nitrogens is 3. The molecule has 198 valence electrons. The van der Waals surface area contributed by atoms with E-state index in [1.807, 2.05) is 10.8 Å². The molecule has 2 aromatic heterocycles. The Labute approximate surface area is 205 Å². The van der Waals surface area contributed by atoms with Crippen LogP contribution in [0.1, 0.15) is 32.1 Å². The van der Waals surface area contributed by atoms with Crippen LogP contribution in [0.4, 0.5) is 0 Å². The molecule has 0 aromatic carbocycles. The first-order chi connectivity index (χ1) is 17.0. The lowest BCUT2D eigenvalue weighted by molar-refractivity contribution is -0.365. The normalized spacial score (nSPS) is 16.9. The summed E-state index contributed by atoms with van der Waals surface area (Å²) in [6.45, 7) is 3.81. The van der Waals surface area contributed by atoms with Crippen LogP contribution in [0.5, 0.6) is 17.5 Å². The second kappa shape index (κ2) is 14.3. The Morgan fingerprint density at radius 1 is 1.09 bits per heavy atom. The quantitative estimate of drug-likeness (QED) is 0.146. The monoisotopic (exact) mass is 498 g/mol. The van der Waals surface area contributed by atoms with Crippen LogP contribution in [0.3, 0.4) is 0 Å². The Hall–Kier alpha value is -2.35. The number of ether oxygens (including phenoxy) is 4. The Balaban J connectivity index is 1.47. The first-order valence-corrected chi connectivity index (χ1v) is 12.1. The zero-order valence-electron chi connectivity index (χ0n) is 20.0. The molecule has 0 saturated carbocycles. The van der Waals surface area contributed by atoms with E-state index in [-0.39, 0.29) is 43.8 Å². The van der Waals surface area contributed by atoms with E-state index < -0.39 is 18.7 Å². The molecule has 1 aliphatic rings. The van der Waals surface area contributed by atoms with Gasteiger partial charge >= 0.3 is 0 Å². The molecule has 0 spiro atoms. The Kier molecular flexibility index (Phi) is 11.1. The van der Waals surface area contributed by atoms with Gasteiger partial charge in [-0.05, 0) is 38.8 Å². The van der Waals surface area contributed by atoms with Gasteiger partial charge in [0, 0.05) is 31.5 Å². The smallest absolute Gasteiger partial charge is 0.283 e. The van der Waals surface area contributed by atoms with Gasteiger partial charge in [0.25, 0.3) is 5.97 Å². The van der Waals surface area contributed by atoms with Crippen LogP contribution in [0.15, 0.2) is 24.8 Å². The van der Waals surface area contributed by atoms with E-state index in [9.17, 15) is 15.3 Å². The molecule has 3 rings (SSSR count). The average molecular weight is 499 g/mol. The third kappa shape index (κ3) is 9.67. The van der Waals surface area contributed by atoms with Gasteiger partial charge in [-0.3, -0.25) is 4.98 Å². The van der Waals surface area contributed by atoms with Crippen molar-refractivity contribution >= 4 is 0 Å². The minimum Gasteiger partial charge on any atom is -0.494 e. The van der Waals surface area contributed by atoms with E-state index in [2.05, 4.69) is 14.9 Å². The number of hydrogen-bond donors (Lipinski definition) is 5. The van der Waals surface area contributed by atoms with E-state index in [4.69, 9.17) is 24.1 Å². The van der Waals surface area contributed by atoms with Crippen molar-refractivity contribution < 1.29 is 39.4 Å². The maximum Gasteiger partial charge on any atom is 0.283 e. The van der Waals surface area contributed by atoms with Crippen molar-refractivity contribution in [2.45, 2.75) is 50.7 Å². The number of rotatable bonds is 18. The van der Waals surface area contributed by atoms with Crippen molar-refractivity contribution in [1.29, 1.82) is 0 Å². The summed E-state index contributed by atoms with van der Waals surface area (Å²) in [7, 11) is 0. The predicted octanol–water partition coefficient (Wildman–Crippen LogP) is 0.673. The number of H-pyrrole nitrogens is 1.